The van der Waals surface area contributed by atoms with E-state index in [0.717, 1.165) is 29.9 Å². The first kappa shape index (κ1) is 14.7. The van der Waals surface area contributed by atoms with Gasteiger partial charge in [0.2, 0.25) is 0 Å². The van der Waals surface area contributed by atoms with Gasteiger partial charge in [-0.3, -0.25) is 0 Å². The van der Waals surface area contributed by atoms with Crippen LogP contribution >= 0.6 is 11.6 Å². The smallest absolute Gasteiger partial charge is 0.135 e. The highest BCUT2D eigenvalue weighted by Crippen LogP contribution is 2.25. The van der Waals surface area contributed by atoms with Crippen LogP contribution in [0.2, 0.25) is 0 Å². The fraction of sp³-hybridized carbons (Fsp3) is 0.467. The van der Waals surface area contributed by atoms with E-state index in [1.165, 1.54) is 0 Å². The Bertz CT molecular complexity index is 428. The molecule has 0 radical (unpaired) electrons. The van der Waals surface area contributed by atoms with Crippen LogP contribution < -0.4 is 9.47 Å². The lowest BCUT2D eigenvalue weighted by Gasteiger charge is -2.17. The average molecular weight is 267 g/mol. The van der Waals surface area contributed by atoms with Gasteiger partial charge in [0.25, 0.3) is 0 Å². The Morgan fingerprint density at radius 3 is 2.56 bits per heavy atom. The maximum absolute atomic E-state index is 5.94. The molecule has 2 nitrogen and oxygen atoms in total. The molecule has 0 N–H and O–H groups in total. The summed E-state index contributed by atoms with van der Waals surface area (Å²) < 4.78 is 11.1. The third kappa shape index (κ3) is 4.16. The van der Waals surface area contributed by atoms with E-state index in [0.29, 0.717) is 5.88 Å². The maximum Gasteiger partial charge on any atom is 0.135 e. The van der Waals surface area contributed by atoms with Gasteiger partial charge < -0.3 is 9.47 Å². The number of rotatable bonds is 5. The first-order chi connectivity index (χ1) is 8.74. The molecule has 0 aliphatic heterocycles. The highest BCUT2D eigenvalue weighted by molar-refractivity contribution is 6.19. The van der Waals surface area contributed by atoms with Gasteiger partial charge in [-0.1, -0.05) is 25.7 Å². The van der Waals surface area contributed by atoms with Crippen molar-refractivity contribution < 1.29 is 9.47 Å². The predicted octanol–water partition coefficient (Wildman–Crippen LogP) is 3.85. The Morgan fingerprint density at radius 2 is 2.00 bits per heavy atom. The van der Waals surface area contributed by atoms with Gasteiger partial charge in [0, 0.05) is 0 Å². The lowest BCUT2D eigenvalue weighted by molar-refractivity contribution is 0.192. The van der Waals surface area contributed by atoms with Gasteiger partial charge in [-0.15, -0.1) is 11.6 Å². The number of hydrogen-bond donors (Lipinski definition) is 0. The molecule has 1 rings (SSSR count). The van der Waals surface area contributed by atoms with Crippen LogP contribution in [0.3, 0.4) is 0 Å². The standard InChI is InChI=1S/C15H19ClO2/c1-4-13(5-2)18-15-9-8-14(17-3)11-12(15)7-6-10-16/h8-9,11,13H,4-5,10H2,1-3H3. The molecule has 1 aromatic carbocycles. The predicted molar refractivity (Wildman–Crippen MR) is 75.6 cm³/mol. The Morgan fingerprint density at radius 1 is 1.28 bits per heavy atom. The molecule has 3 heteroatoms. The molecule has 0 aliphatic rings. The van der Waals surface area contributed by atoms with E-state index in [9.17, 15) is 0 Å². The molecule has 0 aromatic heterocycles. The summed E-state index contributed by atoms with van der Waals surface area (Å²) >= 11 is 5.59. The molecule has 0 heterocycles. The number of hydrogen-bond acceptors (Lipinski definition) is 2. The van der Waals surface area contributed by atoms with Crippen molar-refractivity contribution in [1.82, 2.24) is 0 Å². The second-order valence-electron chi connectivity index (χ2n) is 3.85. The van der Waals surface area contributed by atoms with E-state index in [1.54, 1.807) is 7.11 Å². The van der Waals surface area contributed by atoms with Crippen molar-refractivity contribution >= 4 is 11.6 Å². The van der Waals surface area contributed by atoms with Crippen molar-refractivity contribution in [1.29, 1.82) is 0 Å². The lowest BCUT2D eigenvalue weighted by atomic mass is 10.1. The molecule has 1 aromatic rings. The summed E-state index contributed by atoms with van der Waals surface area (Å²) in [5, 5.41) is 0. The van der Waals surface area contributed by atoms with Gasteiger partial charge in [-0.05, 0) is 31.0 Å². The quantitative estimate of drug-likeness (QED) is 0.595. The van der Waals surface area contributed by atoms with Crippen molar-refractivity contribution in [3.8, 4) is 23.3 Å². The van der Waals surface area contributed by atoms with Crippen molar-refractivity contribution in [3.05, 3.63) is 23.8 Å². The largest absolute Gasteiger partial charge is 0.497 e. The fourth-order valence-electron chi connectivity index (χ4n) is 1.60. The first-order valence-electron chi connectivity index (χ1n) is 6.14. The lowest BCUT2D eigenvalue weighted by Crippen LogP contribution is -2.14. The van der Waals surface area contributed by atoms with E-state index >= 15 is 0 Å². The second-order valence-corrected chi connectivity index (χ2v) is 4.12. The van der Waals surface area contributed by atoms with Crippen LogP contribution in [0.4, 0.5) is 0 Å². The maximum atomic E-state index is 5.94. The molecule has 98 valence electrons. The Kier molecular flexibility index (Phi) is 6.46. The topological polar surface area (TPSA) is 18.5 Å². The second kappa shape index (κ2) is 7.89. The van der Waals surface area contributed by atoms with Gasteiger partial charge in [-0.2, -0.15) is 0 Å². The molecule has 18 heavy (non-hydrogen) atoms. The molecule has 0 unspecified atom stereocenters. The minimum Gasteiger partial charge on any atom is -0.497 e. The van der Waals surface area contributed by atoms with Crippen LogP contribution in [0.5, 0.6) is 11.5 Å². The summed E-state index contributed by atoms with van der Waals surface area (Å²) in [6, 6.07) is 5.65. The first-order valence-corrected chi connectivity index (χ1v) is 6.68. The van der Waals surface area contributed by atoms with Crippen LogP contribution in [0.1, 0.15) is 32.3 Å². The monoisotopic (exact) mass is 266 g/mol. The van der Waals surface area contributed by atoms with Crippen molar-refractivity contribution in [2.75, 3.05) is 13.0 Å². The summed E-state index contributed by atoms with van der Waals surface area (Å²) in [5.74, 6) is 7.72. The van der Waals surface area contributed by atoms with E-state index in [-0.39, 0.29) is 6.10 Å². The number of halogens is 1. The van der Waals surface area contributed by atoms with Gasteiger partial charge in [-0.25, -0.2) is 0 Å². The molecule has 0 bridgehead atoms. The molecule has 0 fully saturated rings. The SMILES string of the molecule is CCC(CC)Oc1ccc(OC)cc1C#CCCl. The summed E-state index contributed by atoms with van der Waals surface area (Å²) in [5.41, 5.74) is 0.821. The molecular formula is C15H19ClO2. The Labute approximate surface area is 114 Å². The Hall–Kier alpha value is -1.33. The summed E-state index contributed by atoms with van der Waals surface area (Å²) in [6.45, 7) is 4.23. The highest BCUT2D eigenvalue weighted by Gasteiger charge is 2.09. The summed E-state index contributed by atoms with van der Waals surface area (Å²) in [7, 11) is 1.63. The third-order valence-electron chi connectivity index (χ3n) is 2.68. The van der Waals surface area contributed by atoms with E-state index in [4.69, 9.17) is 21.1 Å². The number of ether oxygens (including phenoxy) is 2. The zero-order valence-corrected chi connectivity index (χ0v) is 11.9. The van der Waals surface area contributed by atoms with Crippen LogP contribution in [-0.2, 0) is 0 Å². The van der Waals surface area contributed by atoms with Gasteiger partial charge in [0.1, 0.15) is 11.5 Å². The normalized spacial score (nSPS) is 9.83. The molecule has 0 spiro atoms. The van der Waals surface area contributed by atoms with E-state index < -0.39 is 0 Å². The van der Waals surface area contributed by atoms with E-state index in [2.05, 4.69) is 25.7 Å². The molecule has 0 atom stereocenters. The molecule has 0 saturated heterocycles. The summed E-state index contributed by atoms with van der Waals surface area (Å²) in [6.07, 6.45) is 2.17. The molecule has 0 amide bonds. The minimum absolute atomic E-state index is 0.218. The van der Waals surface area contributed by atoms with Gasteiger partial charge >= 0.3 is 0 Å². The number of benzene rings is 1. The van der Waals surface area contributed by atoms with Gasteiger partial charge in [0.15, 0.2) is 0 Å². The average Bonchev–Trinajstić information content (AvgIpc) is 2.43. The van der Waals surface area contributed by atoms with Gasteiger partial charge in [0.05, 0.1) is 24.7 Å². The highest BCUT2D eigenvalue weighted by atomic mass is 35.5. The fourth-order valence-corrected chi connectivity index (χ4v) is 1.67. The van der Waals surface area contributed by atoms with Crippen molar-refractivity contribution in [3.63, 3.8) is 0 Å². The zero-order chi connectivity index (χ0) is 13.4. The zero-order valence-electron chi connectivity index (χ0n) is 11.1. The van der Waals surface area contributed by atoms with Crippen LogP contribution in [-0.4, -0.2) is 19.1 Å². The van der Waals surface area contributed by atoms with E-state index in [1.807, 2.05) is 18.2 Å². The number of methoxy groups -OCH3 is 1. The van der Waals surface area contributed by atoms with Crippen LogP contribution in [0, 0.1) is 11.8 Å². The number of alkyl halides is 1. The van der Waals surface area contributed by atoms with Crippen LogP contribution in [0.25, 0.3) is 0 Å². The Balaban J connectivity index is 3.01. The third-order valence-corrected chi connectivity index (χ3v) is 2.81. The minimum atomic E-state index is 0.218. The molecule has 0 aliphatic carbocycles. The summed E-state index contributed by atoms with van der Waals surface area (Å²) in [4.78, 5) is 0. The van der Waals surface area contributed by atoms with Crippen LogP contribution in [0.15, 0.2) is 18.2 Å². The molecule has 0 saturated carbocycles. The molecular weight excluding hydrogens is 248 g/mol. The van der Waals surface area contributed by atoms with Crippen molar-refractivity contribution in [2.45, 2.75) is 32.8 Å². The van der Waals surface area contributed by atoms with Crippen molar-refractivity contribution in [2.24, 2.45) is 0 Å².